The zero-order valence-corrected chi connectivity index (χ0v) is 8.53. The van der Waals surface area contributed by atoms with Crippen molar-refractivity contribution >= 4 is 16.1 Å². The second kappa shape index (κ2) is 4.10. The molecule has 0 heterocycles. The largest absolute Gasteiger partial charge is 0.479 e. The minimum Gasteiger partial charge on any atom is -0.479 e. The average molecular weight is 220 g/mol. The predicted molar refractivity (Wildman–Crippen MR) is 49.2 cm³/mol. The third kappa shape index (κ3) is 3.12. The molecule has 0 aliphatic heterocycles. The molecule has 6 heteroatoms. The highest BCUT2D eigenvalue weighted by atomic mass is 32.2. The molecule has 0 amide bonds. The minimum atomic E-state index is -3.72. The zero-order valence-electron chi connectivity index (χ0n) is 7.71. The van der Waals surface area contributed by atoms with E-state index in [1.54, 1.807) is 6.08 Å². The van der Waals surface area contributed by atoms with E-state index in [0.717, 1.165) is 12.7 Å². The summed E-state index contributed by atoms with van der Waals surface area (Å²) in [7, 11) is -3.72. The number of carboxylic acids is 1. The zero-order chi connectivity index (χ0) is 10.8. The topological polar surface area (TPSA) is 80.7 Å². The standard InChI is InChI=1S/C8H12O5S/c1-14(11,12)13-7(8(9)10)6-4-2-3-5-6/h2,4,6-7H,3,5H2,1H3,(H,9,10)/t6?,7-/m1/s1. The van der Waals surface area contributed by atoms with Gasteiger partial charge in [0, 0.05) is 5.92 Å². The summed E-state index contributed by atoms with van der Waals surface area (Å²) in [6.45, 7) is 0. The highest BCUT2D eigenvalue weighted by molar-refractivity contribution is 7.86. The van der Waals surface area contributed by atoms with Gasteiger partial charge >= 0.3 is 5.97 Å². The Morgan fingerprint density at radius 3 is 2.64 bits per heavy atom. The van der Waals surface area contributed by atoms with E-state index in [9.17, 15) is 13.2 Å². The van der Waals surface area contributed by atoms with E-state index in [1.165, 1.54) is 0 Å². The van der Waals surface area contributed by atoms with Crippen molar-refractivity contribution < 1.29 is 22.5 Å². The summed E-state index contributed by atoms with van der Waals surface area (Å²) in [4.78, 5) is 10.7. The molecule has 0 aromatic rings. The summed E-state index contributed by atoms with van der Waals surface area (Å²) in [6.07, 6.45) is 4.45. The number of rotatable bonds is 4. The van der Waals surface area contributed by atoms with Crippen LogP contribution in [0.5, 0.6) is 0 Å². The van der Waals surface area contributed by atoms with Crippen LogP contribution in [-0.4, -0.2) is 31.9 Å². The van der Waals surface area contributed by atoms with Gasteiger partial charge in [0.25, 0.3) is 10.1 Å². The molecule has 14 heavy (non-hydrogen) atoms. The Kier molecular flexibility index (Phi) is 3.28. The van der Waals surface area contributed by atoms with E-state index in [0.29, 0.717) is 6.42 Å². The Hall–Kier alpha value is -0.880. The monoisotopic (exact) mass is 220 g/mol. The number of carbonyl (C=O) groups is 1. The third-order valence-electron chi connectivity index (χ3n) is 1.96. The molecule has 1 unspecified atom stereocenters. The fraction of sp³-hybridized carbons (Fsp3) is 0.625. The highest BCUT2D eigenvalue weighted by Gasteiger charge is 2.31. The second-order valence-electron chi connectivity index (χ2n) is 3.23. The Morgan fingerprint density at radius 1 is 1.64 bits per heavy atom. The molecule has 0 aromatic heterocycles. The van der Waals surface area contributed by atoms with E-state index in [2.05, 4.69) is 4.18 Å². The number of hydrogen-bond donors (Lipinski definition) is 1. The Labute approximate surface area is 82.5 Å². The summed E-state index contributed by atoms with van der Waals surface area (Å²) in [5.41, 5.74) is 0. The first-order chi connectivity index (χ1) is 6.40. The molecule has 1 aliphatic rings. The fourth-order valence-electron chi connectivity index (χ4n) is 1.39. The van der Waals surface area contributed by atoms with Crippen LogP contribution in [0.2, 0.25) is 0 Å². The molecule has 1 rings (SSSR count). The van der Waals surface area contributed by atoms with Crippen LogP contribution in [0, 0.1) is 5.92 Å². The molecule has 0 saturated carbocycles. The van der Waals surface area contributed by atoms with Crippen LogP contribution in [-0.2, 0) is 19.1 Å². The Morgan fingerprint density at radius 2 is 2.29 bits per heavy atom. The molecular weight excluding hydrogens is 208 g/mol. The van der Waals surface area contributed by atoms with Crippen molar-refractivity contribution in [1.82, 2.24) is 0 Å². The van der Waals surface area contributed by atoms with Gasteiger partial charge in [0.15, 0.2) is 6.10 Å². The lowest BCUT2D eigenvalue weighted by Crippen LogP contribution is -2.32. The molecule has 0 bridgehead atoms. The lowest BCUT2D eigenvalue weighted by Gasteiger charge is -2.16. The van der Waals surface area contributed by atoms with Crippen LogP contribution >= 0.6 is 0 Å². The van der Waals surface area contributed by atoms with E-state index < -0.39 is 22.2 Å². The summed E-state index contributed by atoms with van der Waals surface area (Å²) in [6, 6.07) is 0. The van der Waals surface area contributed by atoms with Crippen LogP contribution in [0.3, 0.4) is 0 Å². The van der Waals surface area contributed by atoms with Crippen LogP contribution in [0.15, 0.2) is 12.2 Å². The van der Waals surface area contributed by atoms with E-state index in [4.69, 9.17) is 5.11 Å². The van der Waals surface area contributed by atoms with Crippen LogP contribution in [0.25, 0.3) is 0 Å². The third-order valence-corrected chi connectivity index (χ3v) is 2.52. The molecule has 0 radical (unpaired) electrons. The fourth-order valence-corrected chi connectivity index (χ4v) is 1.99. The van der Waals surface area contributed by atoms with E-state index in [-0.39, 0.29) is 5.92 Å². The molecule has 1 aliphatic carbocycles. The number of allylic oxidation sites excluding steroid dienone is 1. The molecule has 5 nitrogen and oxygen atoms in total. The molecular formula is C8H12O5S. The lowest BCUT2D eigenvalue weighted by atomic mass is 10.0. The summed E-state index contributed by atoms with van der Waals surface area (Å²) in [5, 5.41) is 8.77. The van der Waals surface area contributed by atoms with E-state index >= 15 is 0 Å². The summed E-state index contributed by atoms with van der Waals surface area (Å²) < 4.78 is 26.1. The van der Waals surface area contributed by atoms with Crippen molar-refractivity contribution in [2.24, 2.45) is 5.92 Å². The quantitative estimate of drug-likeness (QED) is 0.547. The van der Waals surface area contributed by atoms with Gasteiger partial charge in [0.2, 0.25) is 0 Å². The first-order valence-corrected chi connectivity index (χ1v) is 5.99. The van der Waals surface area contributed by atoms with Crippen molar-refractivity contribution in [2.75, 3.05) is 6.26 Å². The molecule has 2 atom stereocenters. The number of aliphatic carboxylic acids is 1. The summed E-state index contributed by atoms with van der Waals surface area (Å²) in [5.74, 6) is -1.59. The Bertz CT molecular complexity index is 343. The SMILES string of the molecule is CS(=O)(=O)O[C@@H](C(=O)O)C1C=CCC1. The lowest BCUT2D eigenvalue weighted by molar-refractivity contribution is -0.146. The van der Waals surface area contributed by atoms with Crippen molar-refractivity contribution in [1.29, 1.82) is 0 Å². The Balaban J connectivity index is 2.74. The van der Waals surface area contributed by atoms with Gasteiger partial charge < -0.3 is 5.11 Å². The van der Waals surface area contributed by atoms with Gasteiger partial charge in [0.05, 0.1) is 6.26 Å². The average Bonchev–Trinajstić information content (AvgIpc) is 2.49. The van der Waals surface area contributed by atoms with Gasteiger partial charge in [-0.15, -0.1) is 0 Å². The predicted octanol–water partition coefficient (Wildman–Crippen LogP) is 0.382. The van der Waals surface area contributed by atoms with Gasteiger partial charge in [-0.3, -0.25) is 4.18 Å². The van der Waals surface area contributed by atoms with Gasteiger partial charge in [0.1, 0.15) is 0 Å². The summed E-state index contributed by atoms with van der Waals surface area (Å²) >= 11 is 0. The van der Waals surface area contributed by atoms with Crippen molar-refractivity contribution in [2.45, 2.75) is 18.9 Å². The molecule has 1 N–H and O–H groups in total. The van der Waals surface area contributed by atoms with Crippen molar-refractivity contribution in [3.63, 3.8) is 0 Å². The van der Waals surface area contributed by atoms with Crippen LogP contribution in [0.1, 0.15) is 12.8 Å². The number of carboxylic acid groups (broad SMARTS) is 1. The highest BCUT2D eigenvalue weighted by Crippen LogP contribution is 2.23. The molecule has 0 fully saturated rings. The van der Waals surface area contributed by atoms with Gasteiger partial charge in [-0.2, -0.15) is 8.42 Å². The first kappa shape index (κ1) is 11.2. The maximum absolute atomic E-state index is 10.8. The van der Waals surface area contributed by atoms with Crippen LogP contribution in [0.4, 0.5) is 0 Å². The number of hydrogen-bond acceptors (Lipinski definition) is 4. The van der Waals surface area contributed by atoms with E-state index in [1.807, 2.05) is 6.08 Å². The van der Waals surface area contributed by atoms with Gasteiger partial charge in [-0.05, 0) is 12.8 Å². The molecule has 0 saturated heterocycles. The van der Waals surface area contributed by atoms with Crippen molar-refractivity contribution in [3.8, 4) is 0 Å². The van der Waals surface area contributed by atoms with Crippen LogP contribution < -0.4 is 0 Å². The molecule has 0 spiro atoms. The smallest absolute Gasteiger partial charge is 0.334 e. The minimum absolute atomic E-state index is 0.345. The maximum atomic E-state index is 10.8. The second-order valence-corrected chi connectivity index (χ2v) is 4.83. The first-order valence-electron chi connectivity index (χ1n) is 4.18. The van der Waals surface area contributed by atoms with Crippen molar-refractivity contribution in [3.05, 3.63) is 12.2 Å². The van der Waals surface area contributed by atoms with Gasteiger partial charge in [-0.1, -0.05) is 12.2 Å². The maximum Gasteiger partial charge on any atom is 0.334 e. The van der Waals surface area contributed by atoms with Gasteiger partial charge in [-0.25, -0.2) is 4.79 Å². The molecule has 0 aromatic carbocycles. The molecule has 80 valence electrons. The normalized spacial score (nSPS) is 23.6.